The predicted molar refractivity (Wildman–Crippen MR) is 43.8 cm³/mol. The van der Waals surface area contributed by atoms with E-state index in [1.165, 1.54) is 0 Å². The van der Waals surface area contributed by atoms with E-state index in [4.69, 9.17) is 11.0 Å². The topological polar surface area (TPSA) is 61.8 Å². The van der Waals surface area contributed by atoms with E-state index < -0.39 is 0 Å². The average molecular weight is 153 g/mol. The molecule has 0 spiro atoms. The first kappa shape index (κ1) is 8.51. The fourth-order valence-corrected chi connectivity index (χ4v) is 1.54. The van der Waals surface area contributed by atoms with Crippen molar-refractivity contribution in [1.82, 2.24) is 5.32 Å². The first-order valence-electron chi connectivity index (χ1n) is 4.09. The Morgan fingerprint density at radius 3 is 2.36 bits per heavy atom. The Labute approximate surface area is 67.6 Å². The van der Waals surface area contributed by atoms with Crippen molar-refractivity contribution in [2.24, 2.45) is 11.1 Å². The minimum Gasteiger partial charge on any atom is -0.327 e. The molecule has 3 heteroatoms. The van der Waals surface area contributed by atoms with Crippen LogP contribution in [0.5, 0.6) is 0 Å². The summed E-state index contributed by atoms with van der Waals surface area (Å²) >= 11 is 0. The summed E-state index contributed by atoms with van der Waals surface area (Å²) in [7, 11) is 0. The van der Waals surface area contributed by atoms with E-state index in [2.05, 4.69) is 11.4 Å². The van der Waals surface area contributed by atoms with E-state index in [1.807, 2.05) is 6.92 Å². The van der Waals surface area contributed by atoms with Crippen molar-refractivity contribution >= 4 is 0 Å². The molecule has 0 aromatic heterocycles. The quantitative estimate of drug-likeness (QED) is 0.566. The molecule has 1 fully saturated rings. The van der Waals surface area contributed by atoms with Gasteiger partial charge >= 0.3 is 0 Å². The first-order valence-corrected chi connectivity index (χ1v) is 4.09. The van der Waals surface area contributed by atoms with Gasteiger partial charge in [-0.1, -0.05) is 0 Å². The maximum Gasteiger partial charge on any atom is 0.0746 e. The molecule has 3 N–H and O–H groups in total. The number of rotatable bonds is 1. The van der Waals surface area contributed by atoms with Crippen molar-refractivity contribution in [2.45, 2.75) is 25.8 Å². The van der Waals surface area contributed by atoms with Crippen LogP contribution in [-0.4, -0.2) is 19.1 Å². The Hall–Kier alpha value is -0.590. The van der Waals surface area contributed by atoms with Crippen molar-refractivity contribution < 1.29 is 0 Å². The molecule has 1 heterocycles. The number of nitrogens with zero attached hydrogens (tertiary/aromatic N) is 1. The summed E-state index contributed by atoms with van der Waals surface area (Å²) < 4.78 is 0. The molecule has 62 valence electrons. The summed E-state index contributed by atoms with van der Waals surface area (Å²) in [6, 6.07) is 2.35. The van der Waals surface area contributed by atoms with Gasteiger partial charge < -0.3 is 11.1 Å². The average Bonchev–Trinajstić information content (AvgIpc) is 2.05. The minimum atomic E-state index is -0.259. The molecule has 0 radical (unpaired) electrons. The van der Waals surface area contributed by atoms with E-state index in [0.29, 0.717) is 0 Å². The Bertz CT molecular complexity index is 163. The maximum absolute atomic E-state index is 8.95. The molecule has 1 aliphatic heterocycles. The summed E-state index contributed by atoms with van der Waals surface area (Å²) in [5.41, 5.74) is 5.50. The van der Waals surface area contributed by atoms with Crippen LogP contribution in [0.1, 0.15) is 19.8 Å². The van der Waals surface area contributed by atoms with Gasteiger partial charge in [0.1, 0.15) is 0 Å². The number of hydrogen-bond donors (Lipinski definition) is 2. The fourth-order valence-electron chi connectivity index (χ4n) is 1.54. The van der Waals surface area contributed by atoms with Crippen LogP contribution in [0.4, 0.5) is 0 Å². The SMILES string of the molecule is CC(N)C1(C#N)CCNCC1. The number of nitrogens with one attached hydrogen (secondary N) is 1. The molecule has 0 saturated carbocycles. The Morgan fingerprint density at radius 2 is 2.09 bits per heavy atom. The van der Waals surface area contributed by atoms with Gasteiger partial charge in [-0.2, -0.15) is 5.26 Å². The summed E-state index contributed by atoms with van der Waals surface area (Å²) in [6.07, 6.45) is 1.78. The fraction of sp³-hybridized carbons (Fsp3) is 0.875. The van der Waals surface area contributed by atoms with Crippen LogP contribution in [0.3, 0.4) is 0 Å². The summed E-state index contributed by atoms with van der Waals surface area (Å²) in [6.45, 7) is 3.78. The van der Waals surface area contributed by atoms with Gasteiger partial charge in [-0.15, -0.1) is 0 Å². The molecule has 1 rings (SSSR count). The molecule has 1 atom stereocenters. The molecule has 3 nitrogen and oxygen atoms in total. The van der Waals surface area contributed by atoms with Gasteiger partial charge in [0.15, 0.2) is 0 Å². The molecule has 0 aliphatic carbocycles. The maximum atomic E-state index is 8.95. The first-order chi connectivity index (χ1) is 5.21. The Balaban J connectivity index is 2.67. The molecule has 0 amide bonds. The molecule has 1 aliphatic rings. The molecule has 0 aromatic rings. The normalized spacial score (nSPS) is 25.5. The van der Waals surface area contributed by atoms with Gasteiger partial charge in [0.05, 0.1) is 11.5 Å². The van der Waals surface area contributed by atoms with E-state index >= 15 is 0 Å². The molecule has 11 heavy (non-hydrogen) atoms. The van der Waals surface area contributed by atoms with Crippen LogP contribution < -0.4 is 11.1 Å². The Kier molecular flexibility index (Phi) is 2.48. The predicted octanol–water partition coefficient (Wildman–Crippen LogP) is 0.227. The standard InChI is InChI=1S/C8H15N3/c1-7(10)8(6-9)2-4-11-5-3-8/h7,11H,2-5,10H2,1H3. The van der Waals surface area contributed by atoms with Crippen LogP contribution in [-0.2, 0) is 0 Å². The smallest absolute Gasteiger partial charge is 0.0746 e. The third kappa shape index (κ3) is 1.52. The van der Waals surface area contributed by atoms with Gasteiger partial charge in [0.25, 0.3) is 0 Å². The van der Waals surface area contributed by atoms with E-state index in [1.54, 1.807) is 0 Å². The van der Waals surface area contributed by atoms with Crippen LogP contribution in [0, 0.1) is 16.7 Å². The lowest BCUT2D eigenvalue weighted by atomic mass is 9.75. The van der Waals surface area contributed by atoms with Crippen molar-refractivity contribution in [2.75, 3.05) is 13.1 Å². The molecule has 1 unspecified atom stereocenters. The van der Waals surface area contributed by atoms with E-state index in [0.717, 1.165) is 25.9 Å². The third-order valence-corrected chi connectivity index (χ3v) is 2.59. The second kappa shape index (κ2) is 3.21. The lowest BCUT2D eigenvalue weighted by Gasteiger charge is -2.34. The molecule has 0 aromatic carbocycles. The zero-order chi connectivity index (χ0) is 8.32. The molecular formula is C8H15N3. The van der Waals surface area contributed by atoms with Crippen LogP contribution in [0.25, 0.3) is 0 Å². The van der Waals surface area contributed by atoms with E-state index in [-0.39, 0.29) is 11.5 Å². The van der Waals surface area contributed by atoms with Gasteiger partial charge in [0.2, 0.25) is 0 Å². The number of piperidine rings is 1. The molecular weight excluding hydrogens is 138 g/mol. The largest absolute Gasteiger partial charge is 0.327 e. The van der Waals surface area contributed by atoms with E-state index in [9.17, 15) is 0 Å². The monoisotopic (exact) mass is 153 g/mol. The van der Waals surface area contributed by atoms with Gasteiger partial charge in [0, 0.05) is 6.04 Å². The highest BCUT2D eigenvalue weighted by molar-refractivity contribution is 5.06. The molecule has 1 saturated heterocycles. The number of nitrogens with two attached hydrogens (primary N) is 1. The zero-order valence-electron chi connectivity index (χ0n) is 6.93. The highest BCUT2D eigenvalue weighted by atomic mass is 14.9. The summed E-state index contributed by atoms with van der Waals surface area (Å²) in [5.74, 6) is 0. The lowest BCUT2D eigenvalue weighted by molar-refractivity contribution is 0.240. The highest BCUT2D eigenvalue weighted by Gasteiger charge is 2.35. The molecule has 0 bridgehead atoms. The van der Waals surface area contributed by atoms with Crippen molar-refractivity contribution in [3.05, 3.63) is 0 Å². The highest BCUT2D eigenvalue weighted by Crippen LogP contribution is 2.30. The van der Waals surface area contributed by atoms with Crippen molar-refractivity contribution in [3.63, 3.8) is 0 Å². The summed E-state index contributed by atoms with van der Waals surface area (Å²) in [5, 5.41) is 12.2. The second-order valence-corrected chi connectivity index (χ2v) is 3.31. The lowest BCUT2D eigenvalue weighted by Crippen LogP contribution is -2.46. The van der Waals surface area contributed by atoms with Gasteiger partial charge in [-0.3, -0.25) is 0 Å². The third-order valence-electron chi connectivity index (χ3n) is 2.59. The minimum absolute atomic E-state index is 0.00500. The van der Waals surface area contributed by atoms with Crippen LogP contribution >= 0.6 is 0 Å². The van der Waals surface area contributed by atoms with Crippen LogP contribution in [0.2, 0.25) is 0 Å². The van der Waals surface area contributed by atoms with Crippen LogP contribution in [0.15, 0.2) is 0 Å². The van der Waals surface area contributed by atoms with Gasteiger partial charge in [-0.25, -0.2) is 0 Å². The summed E-state index contributed by atoms with van der Waals surface area (Å²) in [4.78, 5) is 0. The second-order valence-electron chi connectivity index (χ2n) is 3.31. The zero-order valence-corrected chi connectivity index (χ0v) is 6.93. The number of nitriles is 1. The number of hydrogen-bond acceptors (Lipinski definition) is 3. The van der Waals surface area contributed by atoms with Crippen molar-refractivity contribution in [1.29, 1.82) is 5.26 Å². The van der Waals surface area contributed by atoms with Crippen molar-refractivity contribution in [3.8, 4) is 6.07 Å². The Morgan fingerprint density at radius 1 is 1.55 bits per heavy atom. The van der Waals surface area contributed by atoms with Gasteiger partial charge in [-0.05, 0) is 32.9 Å².